The Labute approximate surface area is 111 Å². The van der Waals surface area contributed by atoms with Gasteiger partial charge in [-0.25, -0.2) is 0 Å². The highest BCUT2D eigenvalue weighted by Crippen LogP contribution is 2.57. The van der Waals surface area contributed by atoms with Gasteiger partial charge < -0.3 is 14.2 Å². The highest BCUT2D eigenvalue weighted by molar-refractivity contribution is 5.88. The van der Waals surface area contributed by atoms with Gasteiger partial charge in [0.15, 0.2) is 0 Å². The van der Waals surface area contributed by atoms with Gasteiger partial charge in [0, 0.05) is 24.1 Å². The average molecular weight is 263 g/mol. The number of benzene rings is 1. The third kappa shape index (κ3) is 1.61. The van der Waals surface area contributed by atoms with Gasteiger partial charge in [0.25, 0.3) is 0 Å². The van der Waals surface area contributed by atoms with Gasteiger partial charge in [-0.15, -0.1) is 0 Å². The minimum absolute atomic E-state index is 0.146. The molecular weight excluding hydrogens is 246 g/mol. The van der Waals surface area contributed by atoms with Crippen molar-refractivity contribution < 1.29 is 19.0 Å². The normalized spacial score (nSPS) is 27.0. The van der Waals surface area contributed by atoms with Gasteiger partial charge in [-0.05, 0) is 18.1 Å². The molecule has 0 spiro atoms. The first kappa shape index (κ1) is 12.3. The number of ether oxygens (including phenoxy) is 3. The second-order valence-corrected chi connectivity index (χ2v) is 4.97. The van der Waals surface area contributed by atoms with E-state index in [0.717, 1.165) is 29.0 Å². The lowest BCUT2D eigenvalue weighted by Crippen LogP contribution is -2.43. The van der Waals surface area contributed by atoms with Gasteiger partial charge in [-0.3, -0.25) is 10.1 Å². The second-order valence-electron chi connectivity index (χ2n) is 4.97. The van der Waals surface area contributed by atoms with Crippen molar-refractivity contribution in [3.8, 4) is 11.5 Å². The van der Waals surface area contributed by atoms with Gasteiger partial charge in [0.2, 0.25) is 0 Å². The molecule has 1 heterocycles. The van der Waals surface area contributed by atoms with Crippen molar-refractivity contribution in [1.82, 2.24) is 5.32 Å². The van der Waals surface area contributed by atoms with Crippen LogP contribution in [0.3, 0.4) is 0 Å². The number of hydrogen-bond donors (Lipinski definition) is 1. The van der Waals surface area contributed by atoms with Crippen LogP contribution < -0.4 is 14.8 Å². The minimum Gasteiger partial charge on any atom is -0.497 e. The van der Waals surface area contributed by atoms with Crippen molar-refractivity contribution in [1.29, 1.82) is 0 Å². The topological polar surface area (TPSA) is 56.8 Å². The fourth-order valence-electron chi connectivity index (χ4n) is 3.00. The van der Waals surface area contributed by atoms with Crippen LogP contribution in [0.4, 0.5) is 0 Å². The van der Waals surface area contributed by atoms with Crippen LogP contribution in [0.15, 0.2) is 12.1 Å². The maximum atomic E-state index is 11.9. The Hall–Kier alpha value is -1.75. The summed E-state index contributed by atoms with van der Waals surface area (Å²) in [5.41, 5.74) is 1.68. The Balaban J connectivity index is 2.04. The molecule has 5 nitrogen and oxygen atoms in total. The van der Waals surface area contributed by atoms with Crippen molar-refractivity contribution >= 4 is 5.97 Å². The first-order chi connectivity index (χ1) is 9.16. The SMILES string of the molecule is COC(=O)[C@@]12C[C@H]1c1cc(OC)cc(OC)c1CN2. The van der Waals surface area contributed by atoms with E-state index >= 15 is 0 Å². The molecule has 1 aliphatic heterocycles. The Morgan fingerprint density at radius 2 is 2.11 bits per heavy atom. The molecule has 0 radical (unpaired) electrons. The van der Waals surface area contributed by atoms with E-state index in [0.29, 0.717) is 6.54 Å². The van der Waals surface area contributed by atoms with Crippen molar-refractivity contribution in [2.24, 2.45) is 0 Å². The molecule has 2 aliphatic rings. The number of methoxy groups -OCH3 is 3. The first-order valence-electron chi connectivity index (χ1n) is 6.24. The van der Waals surface area contributed by atoms with E-state index in [1.807, 2.05) is 12.1 Å². The molecule has 1 aromatic rings. The van der Waals surface area contributed by atoms with Gasteiger partial charge in [0.05, 0.1) is 21.3 Å². The van der Waals surface area contributed by atoms with Crippen molar-refractivity contribution in [2.45, 2.75) is 24.4 Å². The molecule has 0 saturated heterocycles. The van der Waals surface area contributed by atoms with Crippen LogP contribution in [0.2, 0.25) is 0 Å². The Bertz CT molecular complexity index is 542. The molecule has 3 rings (SSSR count). The van der Waals surface area contributed by atoms with Crippen LogP contribution in [0.25, 0.3) is 0 Å². The Morgan fingerprint density at radius 1 is 1.32 bits per heavy atom. The summed E-state index contributed by atoms with van der Waals surface area (Å²) in [4.78, 5) is 11.9. The van der Waals surface area contributed by atoms with Gasteiger partial charge in [0.1, 0.15) is 17.0 Å². The zero-order chi connectivity index (χ0) is 13.6. The van der Waals surface area contributed by atoms with E-state index in [2.05, 4.69) is 5.32 Å². The van der Waals surface area contributed by atoms with Crippen molar-refractivity contribution in [3.05, 3.63) is 23.3 Å². The highest BCUT2D eigenvalue weighted by atomic mass is 16.5. The second kappa shape index (κ2) is 4.13. The Kier molecular flexibility index (Phi) is 2.67. The summed E-state index contributed by atoms with van der Waals surface area (Å²) in [6.45, 7) is 0.605. The molecule has 0 unspecified atom stereocenters. The zero-order valence-corrected chi connectivity index (χ0v) is 11.3. The molecule has 2 atom stereocenters. The summed E-state index contributed by atoms with van der Waals surface area (Å²) < 4.78 is 15.6. The molecule has 0 aromatic heterocycles. The van der Waals surface area contributed by atoms with E-state index in [1.165, 1.54) is 7.11 Å². The molecule has 1 N–H and O–H groups in total. The predicted octanol–water partition coefficient (Wildman–Crippen LogP) is 1.21. The van der Waals surface area contributed by atoms with Crippen LogP contribution in [-0.4, -0.2) is 32.8 Å². The van der Waals surface area contributed by atoms with Crippen LogP contribution in [-0.2, 0) is 16.1 Å². The molecule has 1 saturated carbocycles. The summed E-state index contributed by atoms with van der Waals surface area (Å²) in [6.07, 6.45) is 0.767. The summed E-state index contributed by atoms with van der Waals surface area (Å²) >= 11 is 0. The van der Waals surface area contributed by atoms with Crippen molar-refractivity contribution in [2.75, 3.05) is 21.3 Å². The molecule has 1 aliphatic carbocycles. The maximum Gasteiger partial charge on any atom is 0.326 e. The van der Waals surface area contributed by atoms with Gasteiger partial charge in [-0.1, -0.05) is 0 Å². The maximum absolute atomic E-state index is 11.9. The number of carbonyl (C=O) groups is 1. The predicted molar refractivity (Wildman–Crippen MR) is 68.5 cm³/mol. The fraction of sp³-hybridized carbons (Fsp3) is 0.500. The molecule has 102 valence electrons. The largest absolute Gasteiger partial charge is 0.497 e. The van der Waals surface area contributed by atoms with Gasteiger partial charge in [-0.2, -0.15) is 0 Å². The van der Waals surface area contributed by atoms with Crippen LogP contribution in [0.5, 0.6) is 11.5 Å². The van der Waals surface area contributed by atoms with E-state index in [1.54, 1.807) is 14.2 Å². The lowest BCUT2D eigenvalue weighted by Gasteiger charge is -2.26. The smallest absolute Gasteiger partial charge is 0.326 e. The zero-order valence-electron chi connectivity index (χ0n) is 11.3. The summed E-state index contributed by atoms with van der Waals surface area (Å²) in [6, 6.07) is 3.86. The number of nitrogens with one attached hydrogen (secondary N) is 1. The van der Waals surface area contributed by atoms with E-state index < -0.39 is 5.54 Å². The molecular formula is C14H17NO4. The fourth-order valence-corrected chi connectivity index (χ4v) is 3.00. The quantitative estimate of drug-likeness (QED) is 0.831. The number of hydrogen-bond acceptors (Lipinski definition) is 5. The Morgan fingerprint density at radius 3 is 2.74 bits per heavy atom. The third-order valence-corrected chi connectivity index (χ3v) is 4.14. The van der Waals surface area contributed by atoms with E-state index in [4.69, 9.17) is 14.2 Å². The van der Waals surface area contributed by atoms with Gasteiger partial charge >= 0.3 is 5.97 Å². The standard InChI is InChI=1S/C14H17NO4/c1-17-8-4-9-10(12(5-8)18-2)7-15-14(6-11(9)14)13(16)19-3/h4-5,11,15H,6-7H2,1-3H3/t11-,14+/m0/s1. The van der Waals surface area contributed by atoms with Crippen LogP contribution in [0, 0.1) is 0 Å². The van der Waals surface area contributed by atoms with Crippen molar-refractivity contribution in [3.63, 3.8) is 0 Å². The van der Waals surface area contributed by atoms with Crippen LogP contribution in [0.1, 0.15) is 23.5 Å². The molecule has 0 amide bonds. The molecule has 1 fully saturated rings. The monoisotopic (exact) mass is 263 g/mol. The third-order valence-electron chi connectivity index (χ3n) is 4.14. The molecule has 5 heteroatoms. The molecule has 0 bridgehead atoms. The van der Waals surface area contributed by atoms with Crippen LogP contribution >= 0.6 is 0 Å². The lowest BCUT2D eigenvalue weighted by molar-refractivity contribution is -0.144. The number of fused-ring (bicyclic) bond motifs is 3. The highest BCUT2D eigenvalue weighted by Gasteiger charge is 2.64. The molecule has 19 heavy (non-hydrogen) atoms. The van der Waals surface area contributed by atoms with E-state index in [-0.39, 0.29) is 11.9 Å². The molecule has 1 aromatic carbocycles. The average Bonchev–Trinajstić information content (AvgIpc) is 3.21. The number of carbonyl (C=O) groups excluding carboxylic acids is 1. The number of esters is 1. The number of rotatable bonds is 3. The first-order valence-corrected chi connectivity index (χ1v) is 6.24. The minimum atomic E-state index is -0.543. The summed E-state index contributed by atoms with van der Waals surface area (Å²) in [5.74, 6) is 1.51. The summed E-state index contributed by atoms with van der Waals surface area (Å²) in [7, 11) is 4.70. The summed E-state index contributed by atoms with van der Waals surface area (Å²) in [5, 5.41) is 3.29. The lowest BCUT2D eigenvalue weighted by atomic mass is 9.94. The van der Waals surface area contributed by atoms with E-state index in [9.17, 15) is 4.79 Å².